The van der Waals surface area contributed by atoms with E-state index < -0.39 is 0 Å². The third kappa shape index (κ3) is 1.57. The Balaban J connectivity index is 2.15. The Morgan fingerprint density at radius 1 is 1.39 bits per heavy atom. The number of hydrogen-bond donors (Lipinski definition) is 1. The standard InChI is InChI=1S/C15H20N2O/c1-3-10-5-4-6-11-13-9-16-8-7-12(13)15(18)17(2)14(10)11/h4-6,12-13,16H,3,7-9H2,1-2H3. The van der Waals surface area contributed by atoms with Crippen LogP contribution in [0.5, 0.6) is 0 Å². The lowest BCUT2D eigenvalue weighted by Gasteiger charge is -2.41. The molecule has 3 rings (SSSR count). The fourth-order valence-corrected chi connectivity index (χ4v) is 3.44. The maximum absolute atomic E-state index is 12.5. The SMILES string of the molecule is CCc1cccc2c1N(C)C(=O)C1CCNCC21. The summed E-state index contributed by atoms with van der Waals surface area (Å²) < 4.78 is 0. The van der Waals surface area contributed by atoms with Crippen LogP contribution in [0.25, 0.3) is 0 Å². The Labute approximate surface area is 108 Å². The molecule has 1 fully saturated rings. The van der Waals surface area contributed by atoms with Gasteiger partial charge in [0.1, 0.15) is 0 Å². The second kappa shape index (κ2) is 4.39. The van der Waals surface area contributed by atoms with Crippen molar-refractivity contribution in [1.82, 2.24) is 5.32 Å². The summed E-state index contributed by atoms with van der Waals surface area (Å²) in [4.78, 5) is 14.4. The highest BCUT2D eigenvalue weighted by Gasteiger charge is 2.40. The molecule has 2 aliphatic heterocycles. The van der Waals surface area contributed by atoms with Crippen molar-refractivity contribution in [1.29, 1.82) is 0 Å². The van der Waals surface area contributed by atoms with Gasteiger partial charge >= 0.3 is 0 Å². The minimum absolute atomic E-state index is 0.177. The zero-order valence-electron chi connectivity index (χ0n) is 11.1. The quantitative estimate of drug-likeness (QED) is 0.818. The molecule has 1 saturated heterocycles. The molecule has 96 valence electrons. The second-order valence-corrected chi connectivity index (χ2v) is 5.31. The number of piperidine rings is 1. The molecular formula is C15H20N2O. The van der Waals surface area contributed by atoms with Gasteiger partial charge in [-0.3, -0.25) is 4.79 Å². The Bertz CT molecular complexity index is 483. The average Bonchev–Trinajstić information content (AvgIpc) is 2.44. The van der Waals surface area contributed by atoms with Crippen LogP contribution in [0.1, 0.15) is 30.4 Å². The lowest BCUT2D eigenvalue weighted by atomic mass is 9.76. The van der Waals surface area contributed by atoms with Crippen LogP contribution in [0.4, 0.5) is 5.69 Å². The van der Waals surface area contributed by atoms with Gasteiger partial charge in [0.05, 0.1) is 5.69 Å². The molecule has 2 atom stereocenters. The normalized spacial score (nSPS) is 26.8. The number of hydrogen-bond acceptors (Lipinski definition) is 2. The fraction of sp³-hybridized carbons (Fsp3) is 0.533. The van der Waals surface area contributed by atoms with Gasteiger partial charge in [-0.25, -0.2) is 0 Å². The third-order valence-electron chi connectivity index (χ3n) is 4.40. The molecule has 3 heteroatoms. The highest BCUT2D eigenvalue weighted by Crippen LogP contribution is 2.42. The van der Waals surface area contributed by atoms with E-state index in [4.69, 9.17) is 0 Å². The summed E-state index contributed by atoms with van der Waals surface area (Å²) in [6.07, 6.45) is 1.94. The van der Waals surface area contributed by atoms with Gasteiger partial charge in [0.15, 0.2) is 0 Å². The summed E-state index contributed by atoms with van der Waals surface area (Å²) in [7, 11) is 1.93. The Hall–Kier alpha value is -1.35. The lowest BCUT2D eigenvalue weighted by Crippen LogP contribution is -2.48. The van der Waals surface area contributed by atoms with Crippen molar-refractivity contribution in [2.75, 3.05) is 25.0 Å². The van der Waals surface area contributed by atoms with Crippen LogP contribution in [0, 0.1) is 5.92 Å². The van der Waals surface area contributed by atoms with Gasteiger partial charge in [-0.2, -0.15) is 0 Å². The van der Waals surface area contributed by atoms with E-state index >= 15 is 0 Å². The van der Waals surface area contributed by atoms with Crippen molar-refractivity contribution in [2.24, 2.45) is 5.92 Å². The van der Waals surface area contributed by atoms with E-state index in [2.05, 4.69) is 30.4 Å². The number of fused-ring (bicyclic) bond motifs is 3. The number of benzene rings is 1. The minimum Gasteiger partial charge on any atom is -0.316 e. The predicted molar refractivity (Wildman–Crippen MR) is 72.9 cm³/mol. The van der Waals surface area contributed by atoms with E-state index in [1.54, 1.807) is 0 Å². The van der Waals surface area contributed by atoms with Gasteiger partial charge in [0, 0.05) is 25.4 Å². The molecule has 0 aliphatic carbocycles. The molecule has 3 nitrogen and oxygen atoms in total. The van der Waals surface area contributed by atoms with E-state index in [9.17, 15) is 4.79 Å². The Kier molecular flexibility index (Phi) is 2.86. The van der Waals surface area contributed by atoms with E-state index in [0.29, 0.717) is 11.8 Å². The topological polar surface area (TPSA) is 32.3 Å². The molecular weight excluding hydrogens is 224 g/mol. The van der Waals surface area contributed by atoms with Crippen molar-refractivity contribution >= 4 is 11.6 Å². The highest BCUT2D eigenvalue weighted by molar-refractivity contribution is 5.99. The first-order valence-corrected chi connectivity index (χ1v) is 6.84. The molecule has 1 aromatic carbocycles. The third-order valence-corrected chi connectivity index (χ3v) is 4.40. The maximum atomic E-state index is 12.5. The molecule has 2 heterocycles. The highest BCUT2D eigenvalue weighted by atomic mass is 16.2. The van der Waals surface area contributed by atoms with E-state index in [-0.39, 0.29) is 5.92 Å². The summed E-state index contributed by atoms with van der Waals surface area (Å²) in [6, 6.07) is 6.47. The van der Waals surface area contributed by atoms with Crippen LogP contribution in [0.2, 0.25) is 0 Å². The predicted octanol–water partition coefficient (Wildman–Crippen LogP) is 1.92. The van der Waals surface area contributed by atoms with Crippen LogP contribution in [-0.4, -0.2) is 26.0 Å². The average molecular weight is 244 g/mol. The maximum Gasteiger partial charge on any atom is 0.230 e. The van der Waals surface area contributed by atoms with Gasteiger partial charge in [-0.15, -0.1) is 0 Å². The van der Waals surface area contributed by atoms with Gasteiger partial charge in [0.25, 0.3) is 0 Å². The van der Waals surface area contributed by atoms with Gasteiger partial charge in [-0.1, -0.05) is 25.1 Å². The van der Waals surface area contributed by atoms with Crippen molar-refractivity contribution < 1.29 is 4.79 Å². The number of para-hydroxylation sites is 1. The summed E-state index contributed by atoms with van der Waals surface area (Å²) in [5.74, 6) is 0.842. The number of carbonyl (C=O) groups excluding carboxylic acids is 1. The number of rotatable bonds is 1. The Morgan fingerprint density at radius 2 is 2.22 bits per heavy atom. The second-order valence-electron chi connectivity index (χ2n) is 5.31. The summed E-state index contributed by atoms with van der Waals surface area (Å²) >= 11 is 0. The number of nitrogens with one attached hydrogen (secondary N) is 1. The molecule has 2 unspecified atom stereocenters. The fourth-order valence-electron chi connectivity index (χ4n) is 3.44. The van der Waals surface area contributed by atoms with E-state index in [0.717, 1.165) is 31.6 Å². The molecule has 18 heavy (non-hydrogen) atoms. The van der Waals surface area contributed by atoms with Crippen molar-refractivity contribution in [3.8, 4) is 0 Å². The first-order chi connectivity index (χ1) is 8.74. The molecule has 0 saturated carbocycles. The van der Waals surface area contributed by atoms with E-state index in [1.165, 1.54) is 11.1 Å². The first-order valence-electron chi connectivity index (χ1n) is 6.84. The monoisotopic (exact) mass is 244 g/mol. The molecule has 0 aromatic heterocycles. The smallest absolute Gasteiger partial charge is 0.230 e. The minimum atomic E-state index is 0.177. The molecule has 1 N–H and O–H groups in total. The number of aryl methyl sites for hydroxylation is 1. The number of carbonyl (C=O) groups is 1. The first kappa shape index (κ1) is 11.7. The van der Waals surface area contributed by atoms with Gasteiger partial charge in [0.2, 0.25) is 5.91 Å². The summed E-state index contributed by atoms with van der Waals surface area (Å²) in [6.45, 7) is 4.05. The van der Waals surface area contributed by atoms with Crippen LogP contribution in [0.3, 0.4) is 0 Å². The van der Waals surface area contributed by atoms with E-state index in [1.807, 2.05) is 11.9 Å². The Morgan fingerprint density at radius 3 is 3.00 bits per heavy atom. The zero-order valence-corrected chi connectivity index (χ0v) is 11.1. The molecule has 1 amide bonds. The van der Waals surface area contributed by atoms with Gasteiger partial charge in [-0.05, 0) is 30.5 Å². The molecule has 2 aliphatic rings. The number of anilines is 1. The van der Waals surface area contributed by atoms with Crippen molar-refractivity contribution in [3.63, 3.8) is 0 Å². The van der Waals surface area contributed by atoms with Gasteiger partial charge < -0.3 is 10.2 Å². The lowest BCUT2D eigenvalue weighted by molar-refractivity contribution is -0.124. The molecule has 0 spiro atoms. The molecule has 0 radical (unpaired) electrons. The van der Waals surface area contributed by atoms with Crippen LogP contribution in [-0.2, 0) is 11.2 Å². The molecule has 1 aromatic rings. The number of amides is 1. The van der Waals surface area contributed by atoms with Crippen LogP contribution in [0.15, 0.2) is 18.2 Å². The number of nitrogens with zero attached hydrogens (tertiary/aromatic N) is 1. The zero-order chi connectivity index (χ0) is 12.7. The van der Waals surface area contributed by atoms with Crippen LogP contribution >= 0.6 is 0 Å². The summed E-state index contributed by atoms with van der Waals surface area (Å²) in [5.41, 5.74) is 3.80. The van der Waals surface area contributed by atoms with Crippen LogP contribution < -0.4 is 10.2 Å². The molecule has 0 bridgehead atoms. The van der Waals surface area contributed by atoms with Crippen molar-refractivity contribution in [3.05, 3.63) is 29.3 Å². The van der Waals surface area contributed by atoms with Crippen molar-refractivity contribution in [2.45, 2.75) is 25.7 Å². The largest absolute Gasteiger partial charge is 0.316 e. The summed E-state index contributed by atoms with van der Waals surface area (Å²) in [5, 5.41) is 3.43.